The number of hydrogen-bond acceptors (Lipinski definition) is 2. The Hall–Kier alpha value is -2.48. The molecule has 0 N–H and O–H groups in total. The van der Waals surface area contributed by atoms with Gasteiger partial charge in [-0.2, -0.15) is 5.26 Å². The second kappa shape index (κ2) is 11.2. The summed E-state index contributed by atoms with van der Waals surface area (Å²) in [6.07, 6.45) is 16.9. The zero-order chi connectivity index (χ0) is 22.1. The zero-order valence-electron chi connectivity index (χ0n) is 17.7. The van der Waals surface area contributed by atoms with Gasteiger partial charge in [-0.25, -0.2) is 0 Å². The van der Waals surface area contributed by atoms with E-state index in [0.717, 1.165) is 31.2 Å². The fourth-order valence-electron chi connectivity index (χ4n) is 4.75. The van der Waals surface area contributed by atoms with Crippen molar-refractivity contribution in [1.29, 1.82) is 5.26 Å². The summed E-state index contributed by atoms with van der Waals surface area (Å²) >= 11 is 0. The van der Waals surface area contributed by atoms with E-state index < -0.39 is 6.36 Å². The predicted octanol–water partition coefficient (Wildman–Crippen LogP) is 7.86. The topological polar surface area (TPSA) is 33.0 Å². The summed E-state index contributed by atoms with van der Waals surface area (Å²) in [5.41, 5.74) is 1.10. The maximum Gasteiger partial charge on any atom is 0.573 e. The molecule has 166 valence electrons. The maximum absolute atomic E-state index is 12.3. The summed E-state index contributed by atoms with van der Waals surface area (Å²) in [5.74, 6) is 2.16. The number of ether oxygens (including phenoxy) is 1. The van der Waals surface area contributed by atoms with Gasteiger partial charge in [0.2, 0.25) is 0 Å². The van der Waals surface area contributed by atoms with Crippen LogP contribution in [-0.4, -0.2) is 6.36 Å². The minimum absolute atomic E-state index is 0.156. The summed E-state index contributed by atoms with van der Waals surface area (Å²) in [5, 5.41) is 8.50. The van der Waals surface area contributed by atoms with Crippen molar-refractivity contribution in [3.8, 4) is 11.8 Å². The van der Waals surface area contributed by atoms with Crippen LogP contribution in [-0.2, 0) is 0 Å². The second-order valence-corrected chi connectivity index (χ2v) is 8.66. The Morgan fingerprint density at radius 1 is 0.774 bits per heavy atom. The first-order chi connectivity index (χ1) is 14.9. The molecule has 0 aromatic heterocycles. The fourth-order valence-corrected chi connectivity index (χ4v) is 4.75. The third-order valence-corrected chi connectivity index (χ3v) is 6.49. The Labute approximate surface area is 183 Å². The molecule has 2 nitrogen and oxygen atoms in total. The van der Waals surface area contributed by atoms with Crippen molar-refractivity contribution in [3.05, 3.63) is 66.3 Å². The number of rotatable bonds is 6. The molecule has 0 heterocycles. The largest absolute Gasteiger partial charge is 0.573 e. The van der Waals surface area contributed by atoms with Crippen molar-refractivity contribution in [2.75, 3.05) is 0 Å². The SMILES string of the molecule is N#CC=CC=C[C@H]1CC[C@H](/C=C/[C@H]2CC[C@H](c3ccc(OC(F)(F)F)cc3)CC2)CC1. The first-order valence-corrected chi connectivity index (χ1v) is 11.2. The fraction of sp³-hybridized carbons (Fsp3) is 0.500. The summed E-state index contributed by atoms with van der Waals surface area (Å²) in [6, 6.07) is 8.37. The third kappa shape index (κ3) is 7.94. The van der Waals surface area contributed by atoms with Crippen LogP contribution < -0.4 is 4.74 Å². The lowest BCUT2D eigenvalue weighted by Crippen LogP contribution is -2.17. The highest BCUT2D eigenvalue weighted by atomic mass is 19.4. The van der Waals surface area contributed by atoms with Gasteiger partial charge in [-0.15, -0.1) is 13.2 Å². The van der Waals surface area contributed by atoms with Crippen LogP contribution in [0.5, 0.6) is 5.75 Å². The Morgan fingerprint density at radius 3 is 1.81 bits per heavy atom. The van der Waals surface area contributed by atoms with E-state index in [4.69, 9.17) is 5.26 Å². The van der Waals surface area contributed by atoms with Crippen LogP contribution in [0.3, 0.4) is 0 Å². The minimum atomic E-state index is -4.64. The van der Waals surface area contributed by atoms with Gasteiger partial charge in [-0.05, 0) is 92.7 Å². The van der Waals surface area contributed by atoms with E-state index in [2.05, 4.69) is 23.0 Å². The lowest BCUT2D eigenvalue weighted by molar-refractivity contribution is -0.274. The van der Waals surface area contributed by atoms with Gasteiger partial charge in [0.05, 0.1) is 6.07 Å². The molecule has 0 spiro atoms. The molecule has 1 aromatic carbocycles. The number of benzene rings is 1. The second-order valence-electron chi connectivity index (χ2n) is 8.66. The molecule has 3 rings (SSSR count). The number of halogens is 3. The molecule has 31 heavy (non-hydrogen) atoms. The monoisotopic (exact) mass is 429 g/mol. The highest BCUT2D eigenvalue weighted by Gasteiger charge is 2.31. The number of allylic oxidation sites excluding steroid dienone is 6. The number of hydrogen-bond donors (Lipinski definition) is 0. The molecular weight excluding hydrogens is 399 g/mol. The van der Waals surface area contributed by atoms with E-state index in [1.54, 1.807) is 18.2 Å². The van der Waals surface area contributed by atoms with Crippen molar-refractivity contribution in [2.45, 2.75) is 63.6 Å². The number of nitrogens with zero attached hydrogens (tertiary/aromatic N) is 1. The van der Waals surface area contributed by atoms with Gasteiger partial charge in [-0.1, -0.05) is 42.5 Å². The van der Waals surface area contributed by atoms with Gasteiger partial charge in [0.1, 0.15) is 5.75 Å². The van der Waals surface area contributed by atoms with Gasteiger partial charge in [-0.3, -0.25) is 0 Å². The standard InChI is InChI=1S/C26H30F3NO/c27-26(28,29)31-25-17-15-24(16-18-25)23-13-11-22(12-14-23)10-9-21-7-5-20(6-8-21)4-2-1-3-19-30/h1-4,9-10,15-18,20-23H,5-8,11-14H2/b3-1?,4-2?,10-9+/t20-,21-,22-,23-. The van der Waals surface area contributed by atoms with Gasteiger partial charge < -0.3 is 4.74 Å². The number of nitriles is 1. The Morgan fingerprint density at radius 2 is 1.29 bits per heavy atom. The van der Waals surface area contributed by atoms with E-state index in [1.807, 2.05) is 12.1 Å². The predicted molar refractivity (Wildman–Crippen MR) is 116 cm³/mol. The Bertz CT molecular complexity index is 801. The van der Waals surface area contributed by atoms with E-state index in [-0.39, 0.29) is 5.75 Å². The lowest BCUT2D eigenvalue weighted by Gasteiger charge is -2.28. The molecular formula is C26H30F3NO. The van der Waals surface area contributed by atoms with E-state index in [1.165, 1.54) is 43.9 Å². The van der Waals surface area contributed by atoms with Crippen molar-refractivity contribution in [1.82, 2.24) is 0 Å². The molecule has 2 aliphatic carbocycles. The van der Waals surface area contributed by atoms with Crippen LogP contribution in [0.15, 0.2) is 60.7 Å². The summed E-state index contributed by atoms with van der Waals surface area (Å²) in [6.45, 7) is 0. The lowest BCUT2D eigenvalue weighted by atomic mass is 9.77. The quantitative estimate of drug-likeness (QED) is 0.262. The molecule has 0 amide bonds. The summed E-state index contributed by atoms with van der Waals surface area (Å²) < 4.78 is 40.9. The van der Waals surface area contributed by atoms with Crippen LogP contribution in [0.2, 0.25) is 0 Å². The summed E-state index contributed by atoms with van der Waals surface area (Å²) in [4.78, 5) is 0. The van der Waals surface area contributed by atoms with Crippen LogP contribution in [0.1, 0.15) is 62.8 Å². The average Bonchev–Trinajstić information content (AvgIpc) is 2.76. The molecule has 2 aliphatic rings. The van der Waals surface area contributed by atoms with Crippen LogP contribution >= 0.6 is 0 Å². The molecule has 0 saturated heterocycles. The molecule has 0 unspecified atom stereocenters. The normalized spacial score (nSPS) is 27.7. The molecule has 2 fully saturated rings. The smallest absolute Gasteiger partial charge is 0.406 e. The molecule has 1 aromatic rings. The first kappa shape index (κ1) is 23.2. The average molecular weight is 430 g/mol. The summed E-state index contributed by atoms with van der Waals surface area (Å²) in [7, 11) is 0. The van der Waals surface area contributed by atoms with Gasteiger partial charge >= 0.3 is 6.36 Å². The van der Waals surface area contributed by atoms with Gasteiger partial charge in [0.15, 0.2) is 0 Å². The van der Waals surface area contributed by atoms with Crippen LogP contribution in [0.25, 0.3) is 0 Å². The van der Waals surface area contributed by atoms with Crippen molar-refractivity contribution in [3.63, 3.8) is 0 Å². The van der Waals surface area contributed by atoms with E-state index in [0.29, 0.717) is 23.7 Å². The van der Waals surface area contributed by atoms with E-state index in [9.17, 15) is 13.2 Å². The molecule has 0 bridgehead atoms. The van der Waals surface area contributed by atoms with Crippen molar-refractivity contribution < 1.29 is 17.9 Å². The molecule has 0 radical (unpaired) electrons. The highest BCUT2D eigenvalue weighted by molar-refractivity contribution is 5.30. The highest BCUT2D eigenvalue weighted by Crippen LogP contribution is 2.38. The minimum Gasteiger partial charge on any atom is -0.406 e. The maximum atomic E-state index is 12.3. The van der Waals surface area contributed by atoms with Crippen molar-refractivity contribution >= 4 is 0 Å². The molecule has 5 heteroatoms. The van der Waals surface area contributed by atoms with Crippen molar-refractivity contribution in [2.24, 2.45) is 17.8 Å². The van der Waals surface area contributed by atoms with Gasteiger partial charge in [0.25, 0.3) is 0 Å². The van der Waals surface area contributed by atoms with Crippen LogP contribution in [0.4, 0.5) is 13.2 Å². The van der Waals surface area contributed by atoms with Crippen LogP contribution in [0, 0.1) is 29.1 Å². The first-order valence-electron chi connectivity index (χ1n) is 11.2. The molecule has 2 saturated carbocycles. The zero-order valence-corrected chi connectivity index (χ0v) is 17.7. The molecule has 0 aliphatic heterocycles. The van der Waals surface area contributed by atoms with E-state index >= 15 is 0 Å². The number of alkyl halides is 3. The van der Waals surface area contributed by atoms with Gasteiger partial charge in [0, 0.05) is 6.08 Å². The Balaban J connectivity index is 1.39. The molecule has 0 atom stereocenters. The third-order valence-electron chi connectivity index (χ3n) is 6.49. The Kier molecular flexibility index (Phi) is 8.40.